The van der Waals surface area contributed by atoms with E-state index in [0.29, 0.717) is 21.5 Å². The van der Waals surface area contributed by atoms with E-state index >= 15 is 0 Å². The first-order valence-electron chi connectivity index (χ1n) is 6.62. The highest BCUT2D eigenvalue weighted by atomic mass is 32.2. The summed E-state index contributed by atoms with van der Waals surface area (Å²) in [4.78, 5) is 20.9. The lowest BCUT2D eigenvalue weighted by atomic mass is 10.2. The van der Waals surface area contributed by atoms with Crippen LogP contribution in [0.25, 0.3) is 6.08 Å². The van der Waals surface area contributed by atoms with Gasteiger partial charge in [-0.25, -0.2) is 4.99 Å². The maximum atomic E-state index is 11.9. The van der Waals surface area contributed by atoms with Crippen molar-refractivity contribution >= 4 is 34.6 Å². The predicted octanol–water partition coefficient (Wildman–Crippen LogP) is 2.99. The van der Waals surface area contributed by atoms with E-state index in [1.54, 1.807) is 24.4 Å². The van der Waals surface area contributed by atoms with Crippen LogP contribution in [-0.2, 0) is 4.79 Å². The number of hydrogen-bond donors (Lipinski definition) is 2. The standard InChI is InChI=1S/C16H13N3O2S/c1-10-5-6-12(13(20)8-10)18-16-19-15(21)14(22-16)9-11-4-2-3-7-17-11/h2-9,20H,1H3,(H,18,19,21)/b14-9-. The van der Waals surface area contributed by atoms with Crippen molar-refractivity contribution in [2.24, 2.45) is 4.99 Å². The Hall–Kier alpha value is -2.60. The Balaban J connectivity index is 1.85. The van der Waals surface area contributed by atoms with Gasteiger partial charge < -0.3 is 10.4 Å². The van der Waals surface area contributed by atoms with Crippen molar-refractivity contribution in [1.29, 1.82) is 0 Å². The summed E-state index contributed by atoms with van der Waals surface area (Å²) in [5.41, 5.74) is 2.08. The normalized spacial score (nSPS) is 18.0. The topological polar surface area (TPSA) is 74.6 Å². The molecule has 2 aromatic rings. The van der Waals surface area contributed by atoms with Crippen molar-refractivity contribution in [3.63, 3.8) is 0 Å². The molecule has 3 rings (SSSR count). The Morgan fingerprint density at radius 3 is 2.91 bits per heavy atom. The second-order valence-electron chi connectivity index (χ2n) is 4.73. The summed E-state index contributed by atoms with van der Waals surface area (Å²) < 4.78 is 0. The number of carbonyl (C=O) groups is 1. The first-order chi connectivity index (χ1) is 10.6. The van der Waals surface area contributed by atoms with E-state index in [1.165, 1.54) is 11.8 Å². The van der Waals surface area contributed by atoms with Gasteiger partial charge in [0.15, 0.2) is 5.17 Å². The zero-order valence-corrected chi connectivity index (χ0v) is 12.6. The van der Waals surface area contributed by atoms with Crippen LogP contribution in [0.1, 0.15) is 11.3 Å². The molecule has 1 aromatic heterocycles. The van der Waals surface area contributed by atoms with Gasteiger partial charge in [-0.2, -0.15) is 0 Å². The predicted molar refractivity (Wildman–Crippen MR) is 87.9 cm³/mol. The van der Waals surface area contributed by atoms with E-state index in [2.05, 4.69) is 15.3 Å². The maximum absolute atomic E-state index is 11.9. The summed E-state index contributed by atoms with van der Waals surface area (Å²) in [7, 11) is 0. The van der Waals surface area contributed by atoms with Gasteiger partial charge in [0.05, 0.1) is 10.6 Å². The number of rotatable bonds is 2. The molecular formula is C16H13N3O2S. The fourth-order valence-corrected chi connectivity index (χ4v) is 2.73. The Kier molecular flexibility index (Phi) is 3.93. The molecule has 1 aromatic carbocycles. The van der Waals surface area contributed by atoms with Crippen LogP contribution in [0.5, 0.6) is 5.75 Å². The van der Waals surface area contributed by atoms with Gasteiger partial charge in [0.1, 0.15) is 11.4 Å². The van der Waals surface area contributed by atoms with Crippen molar-refractivity contribution in [2.45, 2.75) is 6.92 Å². The molecule has 2 heterocycles. The molecule has 0 bridgehead atoms. The molecule has 0 unspecified atom stereocenters. The average molecular weight is 311 g/mol. The van der Waals surface area contributed by atoms with Crippen LogP contribution in [0.4, 0.5) is 5.69 Å². The van der Waals surface area contributed by atoms with E-state index in [-0.39, 0.29) is 11.7 Å². The summed E-state index contributed by atoms with van der Waals surface area (Å²) in [6, 6.07) is 10.7. The van der Waals surface area contributed by atoms with Crippen molar-refractivity contribution in [3.05, 3.63) is 58.8 Å². The van der Waals surface area contributed by atoms with Gasteiger partial charge in [-0.1, -0.05) is 12.1 Å². The minimum Gasteiger partial charge on any atom is -0.506 e. The number of phenolic OH excluding ortho intramolecular Hbond substituents is 1. The molecule has 0 spiro atoms. The lowest BCUT2D eigenvalue weighted by molar-refractivity contribution is -0.115. The third kappa shape index (κ3) is 3.17. The van der Waals surface area contributed by atoms with Crippen molar-refractivity contribution in [2.75, 3.05) is 0 Å². The number of thioether (sulfide) groups is 1. The minimum atomic E-state index is -0.221. The molecule has 2 N–H and O–H groups in total. The Morgan fingerprint density at radius 1 is 1.32 bits per heavy atom. The zero-order valence-electron chi connectivity index (χ0n) is 11.8. The Morgan fingerprint density at radius 2 is 2.18 bits per heavy atom. The van der Waals surface area contributed by atoms with Gasteiger partial charge >= 0.3 is 0 Å². The summed E-state index contributed by atoms with van der Waals surface area (Å²) in [5.74, 6) is -0.134. The molecular weight excluding hydrogens is 298 g/mol. The van der Waals surface area contributed by atoms with Gasteiger partial charge in [-0.15, -0.1) is 0 Å². The molecule has 0 aliphatic carbocycles. The number of hydrogen-bond acceptors (Lipinski definition) is 5. The fourth-order valence-electron chi connectivity index (χ4n) is 1.91. The number of aromatic hydroxyl groups is 1. The maximum Gasteiger partial charge on any atom is 0.264 e. The Bertz CT molecular complexity index is 785. The highest BCUT2D eigenvalue weighted by molar-refractivity contribution is 8.18. The quantitative estimate of drug-likeness (QED) is 0.836. The first-order valence-corrected chi connectivity index (χ1v) is 7.44. The smallest absolute Gasteiger partial charge is 0.264 e. The third-order valence-corrected chi connectivity index (χ3v) is 3.88. The number of phenols is 1. The van der Waals surface area contributed by atoms with Gasteiger partial charge in [-0.05, 0) is 54.6 Å². The van der Waals surface area contributed by atoms with Gasteiger partial charge in [0.2, 0.25) is 0 Å². The molecule has 0 atom stereocenters. The van der Waals surface area contributed by atoms with Gasteiger partial charge in [0.25, 0.3) is 5.91 Å². The summed E-state index contributed by atoms with van der Waals surface area (Å²) in [5, 5.41) is 13.0. The lowest BCUT2D eigenvalue weighted by Crippen LogP contribution is -2.19. The minimum absolute atomic E-state index is 0.0875. The SMILES string of the molecule is Cc1ccc(N=C2NC(=O)/C(=C/c3ccccn3)S2)c(O)c1. The number of benzene rings is 1. The van der Waals surface area contributed by atoms with Crippen LogP contribution in [-0.4, -0.2) is 21.2 Å². The number of aliphatic imine (C=N–C) groups is 1. The third-order valence-electron chi connectivity index (χ3n) is 2.97. The van der Waals surface area contributed by atoms with E-state index in [4.69, 9.17) is 0 Å². The number of nitrogens with zero attached hydrogens (tertiary/aromatic N) is 2. The van der Waals surface area contributed by atoms with Crippen LogP contribution >= 0.6 is 11.8 Å². The molecule has 110 valence electrons. The van der Waals surface area contributed by atoms with E-state index in [0.717, 1.165) is 5.56 Å². The second kappa shape index (κ2) is 6.03. The number of carbonyl (C=O) groups excluding carboxylic acids is 1. The molecule has 1 fully saturated rings. The summed E-state index contributed by atoms with van der Waals surface area (Å²) >= 11 is 1.22. The zero-order chi connectivity index (χ0) is 15.5. The monoisotopic (exact) mass is 311 g/mol. The van der Waals surface area contributed by atoms with Crippen molar-refractivity contribution < 1.29 is 9.90 Å². The molecule has 5 nitrogen and oxygen atoms in total. The van der Waals surface area contributed by atoms with Crippen LogP contribution in [0.3, 0.4) is 0 Å². The van der Waals surface area contributed by atoms with E-state index in [9.17, 15) is 9.90 Å². The number of pyridine rings is 1. The fraction of sp³-hybridized carbons (Fsp3) is 0.0625. The van der Waals surface area contributed by atoms with Gasteiger partial charge in [0, 0.05) is 6.20 Å². The average Bonchev–Trinajstić information content (AvgIpc) is 2.83. The van der Waals surface area contributed by atoms with Gasteiger partial charge in [-0.3, -0.25) is 9.78 Å². The second-order valence-corrected chi connectivity index (χ2v) is 5.76. The summed E-state index contributed by atoms with van der Waals surface area (Å²) in [6.07, 6.45) is 3.38. The van der Waals surface area contributed by atoms with Crippen LogP contribution in [0, 0.1) is 6.92 Å². The molecule has 22 heavy (non-hydrogen) atoms. The summed E-state index contributed by atoms with van der Waals surface area (Å²) in [6.45, 7) is 1.89. The molecule has 1 saturated heterocycles. The Labute approximate surface area is 131 Å². The molecule has 1 aliphatic heterocycles. The molecule has 1 amide bonds. The molecule has 6 heteroatoms. The highest BCUT2D eigenvalue weighted by Crippen LogP contribution is 2.31. The van der Waals surface area contributed by atoms with E-state index < -0.39 is 0 Å². The van der Waals surface area contributed by atoms with E-state index in [1.807, 2.05) is 31.2 Å². The van der Waals surface area contributed by atoms with Crippen LogP contribution in [0.2, 0.25) is 0 Å². The van der Waals surface area contributed by atoms with Crippen LogP contribution in [0.15, 0.2) is 52.5 Å². The first kappa shape index (κ1) is 14.3. The van der Waals surface area contributed by atoms with Crippen LogP contribution < -0.4 is 5.32 Å². The number of aromatic nitrogens is 1. The molecule has 1 aliphatic rings. The number of amidine groups is 1. The number of aryl methyl sites for hydroxylation is 1. The molecule has 0 radical (unpaired) electrons. The largest absolute Gasteiger partial charge is 0.506 e. The lowest BCUT2D eigenvalue weighted by Gasteiger charge is -2.01. The highest BCUT2D eigenvalue weighted by Gasteiger charge is 2.24. The molecule has 0 saturated carbocycles. The number of nitrogens with one attached hydrogen (secondary N) is 1. The van der Waals surface area contributed by atoms with Crippen molar-refractivity contribution in [3.8, 4) is 5.75 Å². The van der Waals surface area contributed by atoms with Crippen molar-refractivity contribution in [1.82, 2.24) is 10.3 Å². The number of amides is 1.